The first-order chi connectivity index (χ1) is 11.3. The zero-order valence-corrected chi connectivity index (χ0v) is 15.5. The molecular weight excluding hydrogens is 308 g/mol. The minimum Gasteiger partial charge on any atom is -0.478 e. The molecule has 0 bridgehead atoms. The Labute approximate surface area is 145 Å². The van der Waals surface area contributed by atoms with Crippen LogP contribution < -0.4 is 0 Å². The molecule has 0 aliphatic carbocycles. The lowest BCUT2D eigenvalue weighted by atomic mass is 9.92. The van der Waals surface area contributed by atoms with Crippen molar-refractivity contribution in [2.75, 3.05) is 13.2 Å². The first kappa shape index (κ1) is 22.4. The Morgan fingerprint density at radius 1 is 1.25 bits per heavy atom. The highest BCUT2D eigenvalue weighted by atomic mass is 16.6. The van der Waals surface area contributed by atoms with Crippen molar-refractivity contribution in [1.29, 1.82) is 0 Å². The van der Waals surface area contributed by atoms with Crippen molar-refractivity contribution in [2.24, 2.45) is 5.92 Å². The fourth-order valence-electron chi connectivity index (χ4n) is 2.34. The summed E-state index contributed by atoms with van der Waals surface area (Å²) in [6.45, 7) is 11.8. The summed E-state index contributed by atoms with van der Waals surface area (Å²) in [6, 6.07) is 0. The smallest absolute Gasteiger partial charge is 0.333 e. The molecule has 0 aromatic heterocycles. The minimum atomic E-state index is -1.02. The molecule has 1 N–H and O–H groups in total. The van der Waals surface area contributed by atoms with E-state index >= 15 is 0 Å². The number of aliphatic carboxylic acids is 1. The lowest BCUT2D eigenvalue weighted by Gasteiger charge is -2.17. The summed E-state index contributed by atoms with van der Waals surface area (Å²) in [7, 11) is 0. The number of hydrogen-bond donors (Lipinski definition) is 1. The highest BCUT2D eigenvalue weighted by Crippen LogP contribution is 2.21. The summed E-state index contributed by atoms with van der Waals surface area (Å²) in [6.07, 6.45) is 5.91. The van der Waals surface area contributed by atoms with E-state index in [4.69, 9.17) is 14.6 Å². The number of carboxylic acids is 1. The molecule has 2 atom stereocenters. The maximum Gasteiger partial charge on any atom is 0.333 e. The zero-order chi connectivity index (χ0) is 18.5. The monoisotopic (exact) mass is 340 g/mol. The third-order valence-electron chi connectivity index (χ3n) is 3.90. The number of esters is 1. The third kappa shape index (κ3) is 9.50. The van der Waals surface area contributed by atoms with Crippen molar-refractivity contribution in [2.45, 2.75) is 65.9 Å². The van der Waals surface area contributed by atoms with Crippen molar-refractivity contribution in [3.05, 3.63) is 23.8 Å². The number of carboxylic acid groups (broad SMARTS) is 1. The average Bonchev–Trinajstić information content (AvgIpc) is 2.55. The predicted octanol–water partition coefficient (Wildman–Crippen LogP) is 4.13. The van der Waals surface area contributed by atoms with Gasteiger partial charge in [0.2, 0.25) is 0 Å². The third-order valence-corrected chi connectivity index (χ3v) is 3.90. The molecule has 2 unspecified atom stereocenters. The molecule has 0 rings (SSSR count). The van der Waals surface area contributed by atoms with Crippen LogP contribution in [0.5, 0.6) is 0 Å². The first-order valence-electron chi connectivity index (χ1n) is 8.73. The predicted molar refractivity (Wildman–Crippen MR) is 94.8 cm³/mol. The molecule has 0 heterocycles. The van der Waals surface area contributed by atoms with Crippen LogP contribution in [0.25, 0.3) is 0 Å². The van der Waals surface area contributed by atoms with Crippen molar-refractivity contribution < 1.29 is 24.2 Å². The molecule has 138 valence electrons. The number of hydrogen-bond acceptors (Lipinski definition) is 4. The average molecular weight is 340 g/mol. The van der Waals surface area contributed by atoms with E-state index in [0.29, 0.717) is 24.5 Å². The maximum absolute atomic E-state index is 12.1. The van der Waals surface area contributed by atoms with Gasteiger partial charge < -0.3 is 14.6 Å². The summed E-state index contributed by atoms with van der Waals surface area (Å²) in [5.74, 6) is -1.00. The van der Waals surface area contributed by atoms with Crippen LogP contribution in [0.4, 0.5) is 0 Å². The SMILES string of the molecule is C=C(CC(CC)CCCC)C(=O)OCC(C=C(C)C(=O)O)OCC. The van der Waals surface area contributed by atoms with Crippen molar-refractivity contribution in [3.63, 3.8) is 0 Å². The number of unbranched alkanes of at least 4 members (excludes halogenated alkanes) is 1. The molecule has 0 aliphatic rings. The van der Waals surface area contributed by atoms with E-state index in [1.54, 1.807) is 6.92 Å². The number of carbonyl (C=O) groups excluding carboxylic acids is 1. The second-order valence-electron chi connectivity index (χ2n) is 5.97. The fourth-order valence-corrected chi connectivity index (χ4v) is 2.34. The van der Waals surface area contributed by atoms with E-state index in [0.717, 1.165) is 25.7 Å². The standard InChI is InChI=1S/C19H32O5/c1-6-9-10-16(7-2)11-15(5)19(22)24-13-17(23-8-3)12-14(4)18(20)21/h12,16-17H,5-11,13H2,1-4H3,(H,20,21). The van der Waals surface area contributed by atoms with E-state index in [-0.39, 0.29) is 12.2 Å². The highest BCUT2D eigenvalue weighted by molar-refractivity contribution is 5.88. The molecule has 5 nitrogen and oxygen atoms in total. The second-order valence-corrected chi connectivity index (χ2v) is 5.97. The fraction of sp³-hybridized carbons (Fsp3) is 0.684. The molecule has 0 aromatic rings. The van der Waals surface area contributed by atoms with Gasteiger partial charge in [0.15, 0.2) is 0 Å². The van der Waals surface area contributed by atoms with Crippen LogP contribution in [-0.2, 0) is 19.1 Å². The van der Waals surface area contributed by atoms with Gasteiger partial charge in [0, 0.05) is 17.8 Å². The van der Waals surface area contributed by atoms with Gasteiger partial charge in [0.25, 0.3) is 0 Å². The van der Waals surface area contributed by atoms with Gasteiger partial charge in [-0.1, -0.05) is 46.1 Å². The van der Waals surface area contributed by atoms with E-state index in [1.165, 1.54) is 13.0 Å². The summed E-state index contributed by atoms with van der Waals surface area (Å²) in [5, 5.41) is 8.92. The van der Waals surface area contributed by atoms with Crippen LogP contribution in [0.3, 0.4) is 0 Å². The molecule has 0 saturated heterocycles. The van der Waals surface area contributed by atoms with Gasteiger partial charge in [-0.05, 0) is 32.3 Å². The Bertz CT molecular complexity index is 439. The molecular formula is C19H32O5. The van der Waals surface area contributed by atoms with Gasteiger partial charge in [-0.15, -0.1) is 0 Å². The maximum atomic E-state index is 12.1. The van der Waals surface area contributed by atoms with E-state index in [1.807, 2.05) is 0 Å². The Morgan fingerprint density at radius 2 is 1.92 bits per heavy atom. The van der Waals surface area contributed by atoms with Gasteiger partial charge in [-0.2, -0.15) is 0 Å². The highest BCUT2D eigenvalue weighted by Gasteiger charge is 2.17. The molecule has 24 heavy (non-hydrogen) atoms. The molecule has 0 radical (unpaired) electrons. The molecule has 0 aromatic carbocycles. The van der Waals surface area contributed by atoms with Crippen molar-refractivity contribution >= 4 is 11.9 Å². The van der Waals surface area contributed by atoms with Gasteiger partial charge >= 0.3 is 11.9 Å². The van der Waals surface area contributed by atoms with Gasteiger partial charge in [-0.25, -0.2) is 9.59 Å². The van der Waals surface area contributed by atoms with Gasteiger partial charge in [0.1, 0.15) is 12.7 Å². The number of ether oxygens (including phenoxy) is 2. The molecule has 0 saturated carbocycles. The van der Waals surface area contributed by atoms with Crippen LogP contribution in [0.2, 0.25) is 0 Å². The summed E-state index contributed by atoms with van der Waals surface area (Å²) in [4.78, 5) is 23.0. The zero-order valence-electron chi connectivity index (χ0n) is 15.5. The molecule has 0 fully saturated rings. The van der Waals surface area contributed by atoms with E-state index < -0.39 is 18.0 Å². The van der Waals surface area contributed by atoms with Crippen LogP contribution in [0, 0.1) is 5.92 Å². The molecule has 0 spiro atoms. The lowest BCUT2D eigenvalue weighted by Crippen LogP contribution is -2.22. The molecule has 0 aliphatic heterocycles. The van der Waals surface area contributed by atoms with E-state index in [9.17, 15) is 9.59 Å². The Morgan fingerprint density at radius 3 is 2.42 bits per heavy atom. The quantitative estimate of drug-likeness (QED) is 0.403. The van der Waals surface area contributed by atoms with Gasteiger partial charge in [0.05, 0.1) is 0 Å². The Kier molecular flexibility index (Phi) is 11.9. The van der Waals surface area contributed by atoms with Crippen LogP contribution >= 0.6 is 0 Å². The molecule has 0 amide bonds. The van der Waals surface area contributed by atoms with Crippen LogP contribution in [0.1, 0.15) is 59.8 Å². The van der Waals surface area contributed by atoms with Gasteiger partial charge in [-0.3, -0.25) is 0 Å². The summed E-state index contributed by atoms with van der Waals surface area (Å²) < 4.78 is 10.6. The van der Waals surface area contributed by atoms with E-state index in [2.05, 4.69) is 20.4 Å². The van der Waals surface area contributed by atoms with Crippen LogP contribution in [0.15, 0.2) is 23.8 Å². The normalized spacial score (nSPS) is 14.1. The second kappa shape index (κ2) is 12.8. The number of carbonyl (C=O) groups is 2. The Balaban J connectivity index is 4.53. The molecule has 5 heteroatoms. The Hall–Kier alpha value is -1.62. The van der Waals surface area contributed by atoms with Crippen molar-refractivity contribution in [3.8, 4) is 0 Å². The minimum absolute atomic E-state index is 0.0118. The summed E-state index contributed by atoms with van der Waals surface area (Å²) >= 11 is 0. The number of rotatable bonds is 13. The summed E-state index contributed by atoms with van der Waals surface area (Å²) in [5.41, 5.74) is 0.626. The first-order valence-corrected chi connectivity index (χ1v) is 8.73. The van der Waals surface area contributed by atoms with Crippen molar-refractivity contribution in [1.82, 2.24) is 0 Å². The topological polar surface area (TPSA) is 72.8 Å². The largest absolute Gasteiger partial charge is 0.478 e. The van der Waals surface area contributed by atoms with Crippen LogP contribution in [-0.4, -0.2) is 36.4 Å². The lowest BCUT2D eigenvalue weighted by molar-refractivity contribution is -0.142.